The van der Waals surface area contributed by atoms with E-state index in [1.165, 1.54) is 0 Å². The van der Waals surface area contributed by atoms with Crippen LogP contribution in [-0.4, -0.2) is 18.0 Å². The quantitative estimate of drug-likeness (QED) is 0.568. The molecular formula is C20H17F6N. The lowest BCUT2D eigenvalue weighted by molar-refractivity contribution is -0.143. The van der Waals surface area contributed by atoms with Crippen molar-refractivity contribution in [3.63, 3.8) is 0 Å². The van der Waals surface area contributed by atoms with E-state index < -0.39 is 23.5 Å². The van der Waals surface area contributed by atoms with Gasteiger partial charge in [-0.3, -0.25) is 0 Å². The minimum atomic E-state index is -4.87. The molecular weight excluding hydrogens is 368 g/mol. The summed E-state index contributed by atoms with van der Waals surface area (Å²) in [4.78, 5) is 1.93. The zero-order chi connectivity index (χ0) is 19.7. The van der Waals surface area contributed by atoms with Gasteiger partial charge in [-0.25, -0.2) is 0 Å². The van der Waals surface area contributed by atoms with E-state index in [0.717, 1.165) is 38.1 Å². The van der Waals surface area contributed by atoms with Gasteiger partial charge in [0.05, 0.1) is 11.1 Å². The average Bonchev–Trinajstić information content (AvgIpc) is 3.12. The molecule has 144 valence electrons. The van der Waals surface area contributed by atoms with Crippen molar-refractivity contribution in [2.75, 3.05) is 13.1 Å². The summed E-state index contributed by atoms with van der Waals surface area (Å²) in [5, 5.41) is 0. The Hall–Kier alpha value is -2.44. The highest BCUT2D eigenvalue weighted by Gasteiger charge is 2.37. The normalized spacial score (nSPS) is 16.1. The molecule has 7 heteroatoms. The smallest absolute Gasteiger partial charge is 0.377 e. The molecule has 0 amide bonds. The molecule has 0 radical (unpaired) electrons. The second kappa shape index (κ2) is 7.29. The third-order valence-electron chi connectivity index (χ3n) is 4.44. The lowest BCUT2D eigenvalue weighted by atomic mass is 9.94. The van der Waals surface area contributed by atoms with Gasteiger partial charge in [0.2, 0.25) is 0 Å². The molecule has 1 aliphatic rings. The molecule has 1 nitrogen and oxygen atoms in total. The monoisotopic (exact) mass is 385 g/mol. The van der Waals surface area contributed by atoms with E-state index in [1.807, 2.05) is 4.90 Å². The molecule has 27 heavy (non-hydrogen) atoms. The van der Waals surface area contributed by atoms with Crippen molar-refractivity contribution in [1.82, 2.24) is 4.90 Å². The summed E-state index contributed by atoms with van der Waals surface area (Å²) in [6.45, 7) is 1.45. The molecule has 2 aromatic carbocycles. The SMILES string of the molecule is FC(F)(F)c1cc(C(=CN2CCCC2)c2ccccc2)cc(C(F)(F)F)c1. The molecule has 1 saturated heterocycles. The standard InChI is InChI=1S/C20H17F6N/c21-19(22,23)16-10-15(11-17(12-16)20(24,25)26)18(13-27-8-4-5-9-27)14-6-2-1-3-7-14/h1-3,6-7,10-13H,4-5,8-9H2. The number of alkyl halides is 6. The molecule has 1 heterocycles. The van der Waals surface area contributed by atoms with Gasteiger partial charge in [0.25, 0.3) is 0 Å². The molecule has 0 saturated carbocycles. The van der Waals surface area contributed by atoms with Crippen LogP contribution in [0.3, 0.4) is 0 Å². The maximum absolute atomic E-state index is 13.2. The van der Waals surface area contributed by atoms with Gasteiger partial charge in [0, 0.05) is 24.9 Å². The highest BCUT2D eigenvalue weighted by molar-refractivity contribution is 5.80. The van der Waals surface area contributed by atoms with Crippen LogP contribution in [0.5, 0.6) is 0 Å². The van der Waals surface area contributed by atoms with E-state index >= 15 is 0 Å². The zero-order valence-corrected chi connectivity index (χ0v) is 14.2. The van der Waals surface area contributed by atoms with Crippen molar-refractivity contribution in [1.29, 1.82) is 0 Å². The van der Waals surface area contributed by atoms with Crippen LogP contribution < -0.4 is 0 Å². The second-order valence-electron chi connectivity index (χ2n) is 6.45. The summed E-state index contributed by atoms with van der Waals surface area (Å²) in [6, 6.07) is 10.2. The Labute approximate surface area is 152 Å². The van der Waals surface area contributed by atoms with Gasteiger partial charge in [-0.15, -0.1) is 0 Å². The topological polar surface area (TPSA) is 3.24 Å². The summed E-state index contributed by atoms with van der Waals surface area (Å²) < 4.78 is 79.3. The van der Waals surface area contributed by atoms with Crippen molar-refractivity contribution in [3.05, 3.63) is 77.0 Å². The molecule has 0 spiro atoms. The Morgan fingerprint density at radius 1 is 0.741 bits per heavy atom. The van der Waals surface area contributed by atoms with Crippen molar-refractivity contribution in [3.8, 4) is 0 Å². The number of nitrogens with zero attached hydrogens (tertiary/aromatic N) is 1. The average molecular weight is 385 g/mol. The van der Waals surface area contributed by atoms with Crippen LogP contribution in [-0.2, 0) is 12.4 Å². The van der Waals surface area contributed by atoms with E-state index in [0.29, 0.717) is 11.1 Å². The first-order chi connectivity index (χ1) is 12.6. The minimum absolute atomic E-state index is 0.102. The van der Waals surface area contributed by atoms with Gasteiger partial charge >= 0.3 is 12.4 Å². The number of likely N-dealkylation sites (tertiary alicyclic amines) is 1. The van der Waals surface area contributed by atoms with Crippen LogP contribution >= 0.6 is 0 Å². The predicted octanol–water partition coefficient (Wildman–Crippen LogP) is 6.21. The van der Waals surface area contributed by atoms with Crippen LogP contribution in [0.15, 0.2) is 54.7 Å². The molecule has 1 aliphatic heterocycles. The van der Waals surface area contributed by atoms with Crippen molar-refractivity contribution >= 4 is 5.57 Å². The van der Waals surface area contributed by atoms with Crippen LogP contribution in [0.4, 0.5) is 26.3 Å². The molecule has 1 fully saturated rings. The van der Waals surface area contributed by atoms with Crippen LogP contribution in [0, 0.1) is 0 Å². The lowest BCUT2D eigenvalue weighted by Crippen LogP contribution is -2.14. The summed E-state index contributed by atoms with van der Waals surface area (Å²) in [5.74, 6) is 0. The number of halogens is 6. The minimum Gasteiger partial charge on any atom is -0.377 e. The molecule has 0 aromatic heterocycles. The molecule has 0 aliphatic carbocycles. The highest BCUT2D eigenvalue weighted by Crippen LogP contribution is 2.38. The number of hydrogen-bond donors (Lipinski definition) is 0. The first kappa shape index (κ1) is 19.3. The number of benzene rings is 2. The fourth-order valence-electron chi connectivity index (χ4n) is 3.10. The highest BCUT2D eigenvalue weighted by atomic mass is 19.4. The lowest BCUT2D eigenvalue weighted by Gasteiger charge is -2.19. The van der Waals surface area contributed by atoms with E-state index in [2.05, 4.69) is 0 Å². The first-order valence-electron chi connectivity index (χ1n) is 8.46. The van der Waals surface area contributed by atoms with Crippen molar-refractivity contribution in [2.24, 2.45) is 0 Å². The number of rotatable bonds is 3. The van der Waals surface area contributed by atoms with E-state index in [-0.39, 0.29) is 11.6 Å². The zero-order valence-electron chi connectivity index (χ0n) is 14.2. The maximum atomic E-state index is 13.2. The van der Waals surface area contributed by atoms with E-state index in [9.17, 15) is 26.3 Å². The number of hydrogen-bond acceptors (Lipinski definition) is 1. The van der Waals surface area contributed by atoms with Crippen LogP contribution in [0.1, 0.15) is 35.1 Å². The predicted molar refractivity (Wildman–Crippen MR) is 90.8 cm³/mol. The molecule has 0 N–H and O–H groups in total. The van der Waals surface area contributed by atoms with Gasteiger partial charge in [0.15, 0.2) is 0 Å². The van der Waals surface area contributed by atoms with Crippen molar-refractivity contribution < 1.29 is 26.3 Å². The summed E-state index contributed by atoms with van der Waals surface area (Å²) in [5.41, 5.74) is -1.81. The third-order valence-corrected chi connectivity index (χ3v) is 4.44. The Kier molecular flexibility index (Phi) is 5.22. The summed E-state index contributed by atoms with van der Waals surface area (Å²) in [7, 11) is 0. The van der Waals surface area contributed by atoms with Crippen LogP contribution in [0.2, 0.25) is 0 Å². The van der Waals surface area contributed by atoms with Crippen LogP contribution in [0.25, 0.3) is 5.57 Å². The molecule has 0 unspecified atom stereocenters. The van der Waals surface area contributed by atoms with Gasteiger partial charge < -0.3 is 4.90 Å². The van der Waals surface area contributed by atoms with E-state index in [4.69, 9.17) is 0 Å². The molecule has 0 bridgehead atoms. The molecule has 3 rings (SSSR count). The van der Waals surface area contributed by atoms with Gasteiger partial charge in [-0.2, -0.15) is 26.3 Å². The Bertz CT molecular complexity index is 782. The Morgan fingerprint density at radius 2 is 1.26 bits per heavy atom. The Balaban J connectivity index is 2.19. The van der Waals surface area contributed by atoms with Gasteiger partial charge in [0.1, 0.15) is 0 Å². The summed E-state index contributed by atoms with van der Waals surface area (Å²) in [6.07, 6.45) is -6.20. The fourth-order valence-corrected chi connectivity index (χ4v) is 3.10. The largest absolute Gasteiger partial charge is 0.416 e. The first-order valence-corrected chi connectivity index (χ1v) is 8.46. The molecule has 2 aromatic rings. The maximum Gasteiger partial charge on any atom is 0.416 e. The fraction of sp³-hybridized carbons (Fsp3) is 0.300. The molecule has 0 atom stereocenters. The van der Waals surface area contributed by atoms with Gasteiger partial charge in [-0.05, 0) is 42.2 Å². The third kappa shape index (κ3) is 4.64. The second-order valence-corrected chi connectivity index (χ2v) is 6.45. The summed E-state index contributed by atoms with van der Waals surface area (Å²) >= 11 is 0. The Morgan fingerprint density at radius 3 is 1.74 bits per heavy atom. The van der Waals surface area contributed by atoms with E-state index in [1.54, 1.807) is 36.5 Å². The van der Waals surface area contributed by atoms with Gasteiger partial charge in [-0.1, -0.05) is 30.3 Å². The van der Waals surface area contributed by atoms with Crippen molar-refractivity contribution in [2.45, 2.75) is 25.2 Å².